The minimum atomic E-state index is -0.353. The fourth-order valence-corrected chi connectivity index (χ4v) is 4.19. The summed E-state index contributed by atoms with van der Waals surface area (Å²) in [6, 6.07) is 16.8. The van der Waals surface area contributed by atoms with Gasteiger partial charge in [-0.1, -0.05) is 17.7 Å². The standard InChI is InChI=1S/C25H19ClFN3O3/c1-32-21-10-3-15(11-22(21)33-2)13-29-20-12-17(26)6-9-19(20)30-14-28-23(24(30)25(29)31)16-4-7-18(27)8-5-16/h3-12,14H,13H2,1-2H3. The molecule has 0 aliphatic heterocycles. The summed E-state index contributed by atoms with van der Waals surface area (Å²) in [6.07, 6.45) is 1.60. The predicted molar refractivity (Wildman–Crippen MR) is 126 cm³/mol. The van der Waals surface area contributed by atoms with E-state index in [4.69, 9.17) is 21.1 Å². The smallest absolute Gasteiger partial charge is 0.277 e. The maximum Gasteiger partial charge on any atom is 0.277 e. The molecule has 0 aliphatic rings. The molecule has 0 bridgehead atoms. The Balaban J connectivity index is 1.77. The van der Waals surface area contributed by atoms with Gasteiger partial charge in [0.1, 0.15) is 23.4 Å². The lowest BCUT2D eigenvalue weighted by molar-refractivity contribution is 0.354. The van der Waals surface area contributed by atoms with E-state index in [0.717, 1.165) is 11.1 Å². The SMILES string of the molecule is COc1ccc(Cn2c(=O)c3c(-c4ccc(F)cc4)ncn3c3ccc(Cl)cc32)cc1OC. The molecule has 5 rings (SSSR count). The third kappa shape index (κ3) is 3.60. The number of nitrogens with zero attached hydrogens (tertiary/aromatic N) is 3. The number of benzene rings is 3. The van der Waals surface area contributed by atoms with E-state index in [-0.39, 0.29) is 17.9 Å². The van der Waals surface area contributed by atoms with E-state index in [0.29, 0.717) is 38.8 Å². The van der Waals surface area contributed by atoms with E-state index in [9.17, 15) is 9.18 Å². The number of hydrogen-bond donors (Lipinski definition) is 0. The van der Waals surface area contributed by atoms with E-state index in [2.05, 4.69) is 4.98 Å². The van der Waals surface area contributed by atoms with Gasteiger partial charge in [-0.05, 0) is 60.2 Å². The fraction of sp³-hybridized carbons (Fsp3) is 0.120. The third-order valence-electron chi connectivity index (χ3n) is 5.61. The molecule has 0 saturated carbocycles. The quantitative estimate of drug-likeness (QED) is 0.360. The first-order valence-corrected chi connectivity index (χ1v) is 10.5. The largest absolute Gasteiger partial charge is 0.493 e. The lowest BCUT2D eigenvalue weighted by Gasteiger charge is -2.15. The molecule has 33 heavy (non-hydrogen) atoms. The second-order valence-corrected chi connectivity index (χ2v) is 7.97. The van der Waals surface area contributed by atoms with Crippen molar-refractivity contribution < 1.29 is 13.9 Å². The number of fused-ring (bicyclic) bond motifs is 3. The van der Waals surface area contributed by atoms with Gasteiger partial charge in [0.05, 0.1) is 31.8 Å². The number of methoxy groups -OCH3 is 2. The Bertz CT molecular complexity index is 1560. The van der Waals surface area contributed by atoms with Crippen LogP contribution in [0.25, 0.3) is 27.8 Å². The van der Waals surface area contributed by atoms with Gasteiger partial charge in [0, 0.05) is 10.6 Å². The first-order valence-electron chi connectivity index (χ1n) is 10.2. The maximum absolute atomic E-state index is 13.8. The summed E-state index contributed by atoms with van der Waals surface area (Å²) in [7, 11) is 3.14. The molecule has 0 fully saturated rings. The van der Waals surface area contributed by atoms with E-state index in [1.165, 1.54) is 12.1 Å². The molecule has 0 N–H and O–H groups in total. The number of ether oxygens (including phenoxy) is 2. The first-order chi connectivity index (χ1) is 16.0. The normalized spacial score (nSPS) is 11.3. The number of imidazole rings is 1. The third-order valence-corrected chi connectivity index (χ3v) is 5.84. The molecule has 6 nitrogen and oxygen atoms in total. The van der Waals surface area contributed by atoms with Crippen molar-refractivity contribution in [1.82, 2.24) is 14.0 Å². The average Bonchev–Trinajstić information content (AvgIpc) is 3.27. The van der Waals surface area contributed by atoms with Gasteiger partial charge >= 0.3 is 0 Å². The van der Waals surface area contributed by atoms with Gasteiger partial charge in [0.2, 0.25) is 0 Å². The highest BCUT2D eigenvalue weighted by atomic mass is 35.5. The van der Waals surface area contributed by atoms with Gasteiger partial charge in [-0.15, -0.1) is 0 Å². The molecular weight excluding hydrogens is 445 g/mol. The van der Waals surface area contributed by atoms with Gasteiger partial charge in [0.25, 0.3) is 5.56 Å². The first kappa shape index (κ1) is 21.0. The van der Waals surface area contributed by atoms with Crippen LogP contribution in [0.1, 0.15) is 5.56 Å². The van der Waals surface area contributed by atoms with Crippen molar-refractivity contribution >= 4 is 28.2 Å². The summed E-state index contributed by atoms with van der Waals surface area (Å²) in [5.74, 6) is 0.822. The van der Waals surface area contributed by atoms with Crippen LogP contribution >= 0.6 is 11.6 Å². The van der Waals surface area contributed by atoms with Crippen LogP contribution in [0.4, 0.5) is 4.39 Å². The van der Waals surface area contributed by atoms with E-state index in [1.54, 1.807) is 59.8 Å². The topological polar surface area (TPSA) is 57.8 Å². The number of aromatic nitrogens is 3. The van der Waals surface area contributed by atoms with E-state index < -0.39 is 0 Å². The Morgan fingerprint density at radius 1 is 0.939 bits per heavy atom. The highest BCUT2D eigenvalue weighted by Crippen LogP contribution is 2.29. The number of halogens is 2. The zero-order chi connectivity index (χ0) is 23.1. The lowest BCUT2D eigenvalue weighted by Crippen LogP contribution is -2.23. The van der Waals surface area contributed by atoms with Crippen molar-refractivity contribution in [1.29, 1.82) is 0 Å². The van der Waals surface area contributed by atoms with Crippen LogP contribution in [0.15, 0.2) is 71.8 Å². The summed E-state index contributed by atoms with van der Waals surface area (Å²) < 4.78 is 27.6. The fourth-order valence-electron chi connectivity index (χ4n) is 4.03. The second-order valence-electron chi connectivity index (χ2n) is 7.53. The summed E-state index contributed by atoms with van der Waals surface area (Å²) in [5.41, 5.74) is 3.59. The van der Waals surface area contributed by atoms with Gasteiger partial charge in [-0.3, -0.25) is 9.20 Å². The minimum Gasteiger partial charge on any atom is -0.493 e. The van der Waals surface area contributed by atoms with Gasteiger partial charge in [0.15, 0.2) is 11.5 Å². The van der Waals surface area contributed by atoms with Crippen LogP contribution in [0, 0.1) is 5.82 Å². The van der Waals surface area contributed by atoms with Crippen molar-refractivity contribution in [2.24, 2.45) is 0 Å². The van der Waals surface area contributed by atoms with Crippen molar-refractivity contribution in [2.45, 2.75) is 6.54 Å². The maximum atomic E-state index is 13.8. The Morgan fingerprint density at radius 3 is 2.42 bits per heavy atom. The lowest BCUT2D eigenvalue weighted by atomic mass is 10.1. The molecular formula is C25H19ClFN3O3. The molecule has 0 atom stereocenters. The van der Waals surface area contributed by atoms with Crippen LogP contribution in [0.2, 0.25) is 5.02 Å². The molecule has 0 radical (unpaired) electrons. The summed E-state index contributed by atoms with van der Waals surface area (Å²) >= 11 is 6.29. The Morgan fingerprint density at radius 2 is 1.70 bits per heavy atom. The Kier molecular flexibility index (Phi) is 5.26. The van der Waals surface area contributed by atoms with Crippen LogP contribution in [-0.2, 0) is 6.54 Å². The summed E-state index contributed by atoms with van der Waals surface area (Å²) in [4.78, 5) is 18.3. The molecule has 0 unspecified atom stereocenters. The molecule has 8 heteroatoms. The summed E-state index contributed by atoms with van der Waals surface area (Å²) in [5, 5.41) is 0.515. The Labute approximate surface area is 193 Å². The zero-order valence-electron chi connectivity index (χ0n) is 17.9. The highest BCUT2D eigenvalue weighted by Gasteiger charge is 2.18. The molecule has 0 aliphatic carbocycles. The van der Waals surface area contributed by atoms with Crippen LogP contribution in [0.3, 0.4) is 0 Å². The van der Waals surface area contributed by atoms with Crippen molar-refractivity contribution in [2.75, 3.05) is 14.2 Å². The number of rotatable bonds is 5. The zero-order valence-corrected chi connectivity index (χ0v) is 18.6. The molecule has 2 heterocycles. The van der Waals surface area contributed by atoms with Crippen LogP contribution in [-0.4, -0.2) is 28.2 Å². The van der Waals surface area contributed by atoms with E-state index >= 15 is 0 Å². The van der Waals surface area contributed by atoms with Crippen molar-refractivity contribution in [3.05, 3.63) is 93.7 Å². The predicted octanol–water partition coefficient (Wildman–Crippen LogP) is 5.17. The van der Waals surface area contributed by atoms with Crippen molar-refractivity contribution in [3.63, 3.8) is 0 Å². The molecule has 2 aromatic heterocycles. The minimum absolute atomic E-state index is 0.239. The van der Waals surface area contributed by atoms with Crippen LogP contribution in [0.5, 0.6) is 11.5 Å². The molecule has 5 aromatic rings. The van der Waals surface area contributed by atoms with Gasteiger partial charge in [-0.25, -0.2) is 9.37 Å². The summed E-state index contributed by atoms with van der Waals surface area (Å²) in [6.45, 7) is 0.278. The highest BCUT2D eigenvalue weighted by molar-refractivity contribution is 6.31. The van der Waals surface area contributed by atoms with Crippen molar-refractivity contribution in [3.8, 4) is 22.8 Å². The van der Waals surface area contributed by atoms with E-state index in [1.807, 2.05) is 18.2 Å². The number of hydrogen-bond acceptors (Lipinski definition) is 4. The average molecular weight is 464 g/mol. The molecule has 3 aromatic carbocycles. The molecule has 0 saturated heterocycles. The van der Waals surface area contributed by atoms with Gasteiger partial charge in [-0.2, -0.15) is 0 Å². The molecule has 0 spiro atoms. The molecule has 0 amide bonds. The van der Waals surface area contributed by atoms with Gasteiger partial charge < -0.3 is 14.0 Å². The Hall–Kier alpha value is -3.84. The molecule has 166 valence electrons. The van der Waals surface area contributed by atoms with Crippen LogP contribution < -0.4 is 15.0 Å². The monoisotopic (exact) mass is 463 g/mol. The second kappa shape index (κ2) is 8.26.